The maximum atomic E-state index is 13.6. The SMILES string of the molecule is C[C@H](OC(=O)c1ccc(Cl)cc1F)C(=O)N[C@@H]1CCS(=O)(=O)C1. The Morgan fingerprint density at radius 2 is 2.13 bits per heavy atom. The topological polar surface area (TPSA) is 89.5 Å². The van der Waals surface area contributed by atoms with Crippen LogP contribution in [0.25, 0.3) is 0 Å². The first kappa shape index (κ1) is 17.7. The van der Waals surface area contributed by atoms with Crippen LogP contribution in [-0.4, -0.2) is 43.9 Å². The normalized spacial score (nSPS) is 20.7. The molecule has 1 heterocycles. The van der Waals surface area contributed by atoms with Gasteiger partial charge < -0.3 is 10.1 Å². The highest BCUT2D eigenvalue weighted by Gasteiger charge is 2.31. The monoisotopic (exact) mass is 363 g/mol. The molecule has 1 aromatic carbocycles. The Bertz CT molecular complexity index is 737. The number of esters is 1. The van der Waals surface area contributed by atoms with E-state index in [1.54, 1.807) is 0 Å². The van der Waals surface area contributed by atoms with Gasteiger partial charge in [-0.15, -0.1) is 0 Å². The van der Waals surface area contributed by atoms with Crippen molar-refractivity contribution in [1.82, 2.24) is 5.32 Å². The molecule has 1 amide bonds. The summed E-state index contributed by atoms with van der Waals surface area (Å²) in [5.74, 6) is -2.60. The molecule has 1 fully saturated rings. The molecule has 1 aliphatic heterocycles. The maximum Gasteiger partial charge on any atom is 0.341 e. The number of carbonyl (C=O) groups excluding carboxylic acids is 2. The zero-order valence-corrected chi connectivity index (χ0v) is 13.8. The Hall–Kier alpha value is -1.67. The fourth-order valence-electron chi connectivity index (χ4n) is 2.16. The van der Waals surface area contributed by atoms with Crippen LogP contribution in [0.3, 0.4) is 0 Å². The molecule has 0 unspecified atom stereocenters. The third-order valence-corrected chi connectivity index (χ3v) is 5.39. The molecule has 23 heavy (non-hydrogen) atoms. The van der Waals surface area contributed by atoms with Gasteiger partial charge in [0.1, 0.15) is 5.82 Å². The van der Waals surface area contributed by atoms with Gasteiger partial charge in [0.25, 0.3) is 5.91 Å². The van der Waals surface area contributed by atoms with Crippen molar-refractivity contribution in [2.45, 2.75) is 25.5 Å². The van der Waals surface area contributed by atoms with Gasteiger partial charge in [-0.2, -0.15) is 0 Å². The fourth-order valence-corrected chi connectivity index (χ4v) is 3.99. The van der Waals surface area contributed by atoms with E-state index in [0.717, 1.165) is 12.1 Å². The number of amides is 1. The highest BCUT2D eigenvalue weighted by atomic mass is 35.5. The first-order valence-electron chi connectivity index (χ1n) is 6.85. The van der Waals surface area contributed by atoms with Crippen molar-refractivity contribution in [3.05, 3.63) is 34.6 Å². The molecule has 0 spiro atoms. The molecule has 1 saturated heterocycles. The van der Waals surface area contributed by atoms with Crippen LogP contribution in [0.2, 0.25) is 5.02 Å². The van der Waals surface area contributed by atoms with Crippen LogP contribution in [0, 0.1) is 5.82 Å². The molecule has 2 atom stereocenters. The lowest BCUT2D eigenvalue weighted by molar-refractivity contribution is -0.129. The predicted molar refractivity (Wildman–Crippen MR) is 81.5 cm³/mol. The molecule has 0 aliphatic carbocycles. The van der Waals surface area contributed by atoms with Crippen molar-refractivity contribution in [2.75, 3.05) is 11.5 Å². The average Bonchev–Trinajstić information content (AvgIpc) is 2.77. The van der Waals surface area contributed by atoms with Crippen LogP contribution in [0.1, 0.15) is 23.7 Å². The summed E-state index contributed by atoms with van der Waals surface area (Å²) >= 11 is 5.59. The van der Waals surface area contributed by atoms with Gasteiger partial charge in [-0.05, 0) is 31.5 Å². The van der Waals surface area contributed by atoms with Crippen LogP contribution in [-0.2, 0) is 19.4 Å². The van der Waals surface area contributed by atoms with E-state index in [1.165, 1.54) is 13.0 Å². The van der Waals surface area contributed by atoms with Gasteiger partial charge in [0, 0.05) is 11.1 Å². The van der Waals surface area contributed by atoms with E-state index in [1.807, 2.05) is 0 Å². The molecule has 1 aliphatic rings. The number of nitrogens with one attached hydrogen (secondary N) is 1. The number of rotatable bonds is 4. The van der Waals surface area contributed by atoms with Crippen LogP contribution in [0.15, 0.2) is 18.2 Å². The van der Waals surface area contributed by atoms with E-state index in [2.05, 4.69) is 5.32 Å². The molecule has 1 aromatic rings. The molecule has 9 heteroatoms. The van der Waals surface area contributed by atoms with Gasteiger partial charge in [0.05, 0.1) is 17.1 Å². The Labute approximate surface area is 137 Å². The highest BCUT2D eigenvalue weighted by molar-refractivity contribution is 7.91. The number of halogens is 2. The van der Waals surface area contributed by atoms with Crippen molar-refractivity contribution in [1.29, 1.82) is 0 Å². The quantitative estimate of drug-likeness (QED) is 0.815. The Morgan fingerprint density at radius 1 is 1.43 bits per heavy atom. The fraction of sp³-hybridized carbons (Fsp3) is 0.429. The molecule has 2 rings (SSSR count). The summed E-state index contributed by atoms with van der Waals surface area (Å²) in [5, 5.41) is 2.64. The van der Waals surface area contributed by atoms with Crippen LogP contribution >= 0.6 is 11.6 Å². The summed E-state index contributed by atoms with van der Waals surface area (Å²) in [7, 11) is -3.13. The van der Waals surface area contributed by atoms with Gasteiger partial charge >= 0.3 is 5.97 Å². The van der Waals surface area contributed by atoms with Gasteiger partial charge in [0.2, 0.25) is 0 Å². The molecular formula is C14H15ClFNO5S. The lowest BCUT2D eigenvalue weighted by Crippen LogP contribution is -2.42. The first-order chi connectivity index (χ1) is 10.7. The smallest absolute Gasteiger partial charge is 0.341 e. The second-order valence-electron chi connectivity index (χ2n) is 5.28. The summed E-state index contributed by atoms with van der Waals surface area (Å²) < 4.78 is 41.2. The molecule has 6 nitrogen and oxygen atoms in total. The zero-order valence-electron chi connectivity index (χ0n) is 12.2. The van der Waals surface area contributed by atoms with Crippen molar-refractivity contribution < 1.29 is 27.1 Å². The Balaban J connectivity index is 1.94. The van der Waals surface area contributed by atoms with E-state index in [4.69, 9.17) is 16.3 Å². The molecular weight excluding hydrogens is 349 g/mol. The zero-order chi connectivity index (χ0) is 17.2. The standard InChI is InChI=1S/C14H15ClFNO5S/c1-8(13(18)17-10-4-5-23(20,21)7-10)22-14(19)11-3-2-9(15)6-12(11)16/h2-3,6,8,10H,4-5,7H2,1H3,(H,17,18)/t8-,10+/m0/s1. The van der Waals surface area contributed by atoms with E-state index in [9.17, 15) is 22.4 Å². The van der Waals surface area contributed by atoms with Crippen molar-refractivity contribution in [3.8, 4) is 0 Å². The van der Waals surface area contributed by atoms with Crippen molar-refractivity contribution in [2.24, 2.45) is 0 Å². The van der Waals surface area contributed by atoms with E-state index >= 15 is 0 Å². The number of carbonyl (C=O) groups is 2. The Morgan fingerprint density at radius 3 is 2.70 bits per heavy atom. The molecule has 0 saturated carbocycles. The number of ether oxygens (including phenoxy) is 1. The van der Waals surface area contributed by atoms with Crippen LogP contribution in [0.5, 0.6) is 0 Å². The van der Waals surface area contributed by atoms with Crippen LogP contribution in [0.4, 0.5) is 4.39 Å². The average molecular weight is 364 g/mol. The largest absolute Gasteiger partial charge is 0.449 e. The van der Waals surface area contributed by atoms with E-state index in [0.29, 0.717) is 6.42 Å². The minimum atomic E-state index is -3.13. The minimum absolute atomic E-state index is 0.0160. The van der Waals surface area contributed by atoms with Crippen molar-refractivity contribution in [3.63, 3.8) is 0 Å². The third-order valence-electron chi connectivity index (χ3n) is 3.38. The Kier molecular flexibility index (Phi) is 5.26. The predicted octanol–water partition coefficient (Wildman–Crippen LogP) is 1.33. The number of sulfone groups is 1. The number of hydrogen-bond acceptors (Lipinski definition) is 5. The number of benzene rings is 1. The molecule has 0 aromatic heterocycles. The lowest BCUT2D eigenvalue weighted by atomic mass is 10.2. The molecule has 0 bridgehead atoms. The highest BCUT2D eigenvalue weighted by Crippen LogP contribution is 2.16. The summed E-state index contributed by atoms with van der Waals surface area (Å²) in [6, 6.07) is 2.96. The summed E-state index contributed by atoms with van der Waals surface area (Å²) in [4.78, 5) is 23.8. The molecule has 1 N–H and O–H groups in total. The molecule has 0 radical (unpaired) electrons. The van der Waals surface area contributed by atoms with Gasteiger partial charge in [-0.3, -0.25) is 4.79 Å². The van der Waals surface area contributed by atoms with Gasteiger partial charge in [0.15, 0.2) is 15.9 Å². The molecule has 126 valence electrons. The number of hydrogen-bond donors (Lipinski definition) is 1. The van der Waals surface area contributed by atoms with E-state index in [-0.39, 0.29) is 22.1 Å². The van der Waals surface area contributed by atoms with Gasteiger partial charge in [-0.25, -0.2) is 17.6 Å². The second-order valence-corrected chi connectivity index (χ2v) is 7.95. The van der Waals surface area contributed by atoms with Crippen molar-refractivity contribution >= 4 is 33.3 Å². The lowest BCUT2D eigenvalue weighted by Gasteiger charge is -2.16. The first-order valence-corrected chi connectivity index (χ1v) is 9.05. The maximum absolute atomic E-state index is 13.6. The summed E-state index contributed by atoms with van der Waals surface area (Å²) in [5.41, 5.74) is -0.336. The third kappa shape index (κ3) is 4.65. The van der Waals surface area contributed by atoms with Crippen LogP contribution < -0.4 is 5.32 Å². The summed E-state index contributed by atoms with van der Waals surface area (Å²) in [6.07, 6.45) is -0.860. The minimum Gasteiger partial charge on any atom is -0.449 e. The second kappa shape index (κ2) is 6.84. The summed E-state index contributed by atoms with van der Waals surface area (Å²) in [6.45, 7) is 1.32. The van der Waals surface area contributed by atoms with Gasteiger partial charge in [-0.1, -0.05) is 11.6 Å². The van der Waals surface area contributed by atoms with E-state index < -0.39 is 39.7 Å².